The molecule has 0 fully saturated rings. The van der Waals surface area contributed by atoms with Crippen LogP contribution in [-0.2, 0) is 28.5 Å². The predicted molar refractivity (Wildman–Crippen MR) is 180 cm³/mol. The zero-order valence-corrected chi connectivity index (χ0v) is 28.2. The summed E-state index contributed by atoms with van der Waals surface area (Å²) in [6.45, 7) is 7.36. The molecule has 0 aliphatic rings. The maximum atomic E-state index is 11.5. The van der Waals surface area contributed by atoms with E-state index in [1.807, 2.05) is 48.8 Å². The number of rotatable bonds is 12. The lowest BCUT2D eigenvalue weighted by Crippen LogP contribution is -2.40. The van der Waals surface area contributed by atoms with Crippen LogP contribution in [0, 0.1) is 5.92 Å². The second-order valence-corrected chi connectivity index (χ2v) is 15.4. The van der Waals surface area contributed by atoms with E-state index in [4.69, 9.17) is 18.8 Å². The Morgan fingerprint density at radius 1 is 0.756 bits per heavy atom. The van der Waals surface area contributed by atoms with Crippen molar-refractivity contribution in [1.29, 1.82) is 0 Å². The molecule has 0 saturated heterocycles. The number of nitrogens with zero attached hydrogens (tertiary/aromatic N) is 1. The molecule has 12 heteroatoms. The summed E-state index contributed by atoms with van der Waals surface area (Å²) in [5.74, 6) is 1.31. The molecule has 242 valence electrons. The van der Waals surface area contributed by atoms with E-state index in [1.54, 1.807) is 18.2 Å². The first-order valence-electron chi connectivity index (χ1n) is 14.9. The number of phosphoric acid groups is 1. The lowest BCUT2D eigenvalue weighted by Gasteiger charge is -2.30. The number of phosphoric ester groups is 1. The Labute approximate surface area is 264 Å². The number of aryl methyl sites for hydroxylation is 1. The van der Waals surface area contributed by atoms with E-state index in [0.717, 1.165) is 69.8 Å². The molecule has 2 heterocycles. The molecule has 0 spiro atoms. The Morgan fingerprint density at radius 2 is 1.29 bits per heavy atom. The van der Waals surface area contributed by atoms with E-state index < -0.39 is 15.4 Å². The third-order valence-corrected chi connectivity index (χ3v) is 8.38. The highest BCUT2D eigenvalue weighted by Gasteiger charge is 2.22. The highest BCUT2D eigenvalue weighted by atomic mass is 31.2. The van der Waals surface area contributed by atoms with Crippen molar-refractivity contribution in [2.45, 2.75) is 39.7 Å². The zero-order chi connectivity index (χ0) is 32.8. The number of H-pyrrole nitrogens is 2. The normalized spacial score (nSPS) is 13.4. The van der Waals surface area contributed by atoms with E-state index in [-0.39, 0.29) is 5.75 Å². The van der Waals surface area contributed by atoms with E-state index in [9.17, 15) is 14.0 Å². The summed E-state index contributed by atoms with van der Waals surface area (Å²) < 4.78 is 33.6. The van der Waals surface area contributed by atoms with Gasteiger partial charge >= 0.3 is 15.4 Å². The molecular weight excluding hydrogens is 612 g/mol. The zero-order valence-electron chi connectivity index (χ0n) is 26.4. The first-order chi connectivity index (χ1) is 21.1. The van der Waals surface area contributed by atoms with Crippen LogP contribution in [0.15, 0.2) is 79.1 Å². The van der Waals surface area contributed by atoms with Crippen molar-refractivity contribution in [3.8, 4) is 11.5 Å². The van der Waals surface area contributed by atoms with E-state index in [2.05, 4.69) is 50.0 Å². The average molecular weight is 657 g/mol. The maximum absolute atomic E-state index is 11.5. The third kappa shape index (κ3) is 10.3. The van der Waals surface area contributed by atoms with E-state index >= 15 is 0 Å². The van der Waals surface area contributed by atoms with Crippen LogP contribution >= 0.6 is 15.4 Å². The molecule has 0 amide bonds. The summed E-state index contributed by atoms with van der Waals surface area (Å²) in [6, 6.07) is 21.0. The van der Waals surface area contributed by atoms with Gasteiger partial charge in [0.25, 0.3) is 0 Å². The molecule has 5 aromatic rings. The number of hydrogen-bond donors (Lipinski definition) is 5. The van der Waals surface area contributed by atoms with Gasteiger partial charge in [0.1, 0.15) is 18.0 Å². The molecular formula is C33H44N3O7P2+. The standard InChI is InChI=1S/C19H23N2O4P.C14H20NO3P/c1-21(2,14-15-7-4-3-5-8-15)12-11-16-13-20-17-9-6-10-18(19(16)17)25-26(22,23)24;1-10(2)7-8-11-9-15-12-5-4-6-13(14(11)12)18-19(3,16)17/h3-10,13,20H,11-12,14H2,1-2H3,(H-,22,23,24);4-6,9-10,15H,7-8H2,1-3H3,(H,16,17)/p+1. The van der Waals surface area contributed by atoms with Gasteiger partial charge in [-0.2, -0.15) is 0 Å². The van der Waals surface area contributed by atoms with Gasteiger partial charge in [0.15, 0.2) is 0 Å². The number of benzene rings is 3. The van der Waals surface area contributed by atoms with Crippen molar-refractivity contribution < 1.29 is 37.3 Å². The Hall–Kier alpha value is -3.36. The van der Waals surface area contributed by atoms with Gasteiger partial charge in [0, 0.05) is 52.8 Å². The number of quaternary nitrogens is 1. The second kappa shape index (κ2) is 14.4. The van der Waals surface area contributed by atoms with Crippen molar-refractivity contribution in [1.82, 2.24) is 9.97 Å². The minimum Gasteiger partial charge on any atom is -0.424 e. The fourth-order valence-corrected chi connectivity index (χ4v) is 6.25. The minimum atomic E-state index is -4.60. The van der Waals surface area contributed by atoms with Crippen LogP contribution < -0.4 is 9.05 Å². The Balaban J connectivity index is 0.000000215. The molecule has 3 aromatic carbocycles. The van der Waals surface area contributed by atoms with Crippen molar-refractivity contribution >= 4 is 37.2 Å². The molecule has 5 N–H and O–H groups in total. The van der Waals surface area contributed by atoms with Gasteiger partial charge in [-0.1, -0.05) is 56.3 Å². The highest BCUT2D eigenvalue weighted by Crippen LogP contribution is 2.43. The van der Waals surface area contributed by atoms with Gasteiger partial charge in [-0.25, -0.2) is 9.13 Å². The van der Waals surface area contributed by atoms with Gasteiger partial charge in [-0.15, -0.1) is 0 Å². The number of aromatic amines is 2. The largest absolute Gasteiger partial charge is 0.524 e. The third-order valence-electron chi connectivity index (χ3n) is 7.41. The van der Waals surface area contributed by atoms with E-state index in [0.29, 0.717) is 11.7 Å². The van der Waals surface area contributed by atoms with Crippen LogP contribution in [0.25, 0.3) is 21.8 Å². The van der Waals surface area contributed by atoms with Crippen molar-refractivity contribution in [3.63, 3.8) is 0 Å². The first-order valence-corrected chi connectivity index (χ1v) is 18.4. The fraction of sp³-hybridized carbons (Fsp3) is 0.333. The fourth-order valence-electron chi connectivity index (χ4n) is 5.32. The lowest BCUT2D eigenvalue weighted by molar-refractivity contribution is -0.903. The summed E-state index contributed by atoms with van der Waals surface area (Å²) >= 11 is 0. The van der Waals surface area contributed by atoms with E-state index in [1.165, 1.54) is 12.2 Å². The molecule has 2 aromatic heterocycles. The number of likely N-dealkylation sites (N-methyl/N-ethyl adjacent to an activating group) is 1. The molecule has 1 unspecified atom stereocenters. The SMILES string of the molecule is CC(C)CCc1c[nH]c2cccc(OP(C)(=O)O)c12.C[N+](C)(CCc1c[nH]c2cccc(OP(=O)(O)O)c12)Cc1ccccc1. The van der Waals surface area contributed by atoms with Crippen LogP contribution in [0.1, 0.15) is 37.0 Å². The second-order valence-electron chi connectivity index (χ2n) is 12.4. The minimum absolute atomic E-state index is 0.209. The average Bonchev–Trinajstić information content (AvgIpc) is 3.55. The number of fused-ring (bicyclic) bond motifs is 2. The summed E-state index contributed by atoms with van der Waals surface area (Å²) in [6.07, 6.45) is 6.61. The Morgan fingerprint density at radius 3 is 1.80 bits per heavy atom. The van der Waals surface area contributed by atoms with Crippen molar-refractivity contribution in [2.24, 2.45) is 5.92 Å². The van der Waals surface area contributed by atoms with Gasteiger partial charge in [0.05, 0.1) is 20.6 Å². The molecule has 0 aliphatic heterocycles. The quantitative estimate of drug-likeness (QED) is 0.0695. The molecule has 1 atom stereocenters. The summed E-state index contributed by atoms with van der Waals surface area (Å²) in [4.78, 5) is 34.1. The molecule has 10 nitrogen and oxygen atoms in total. The number of nitrogens with one attached hydrogen (secondary N) is 2. The van der Waals surface area contributed by atoms with Crippen LogP contribution in [-0.4, -0.2) is 56.4 Å². The molecule has 0 bridgehead atoms. The molecule has 45 heavy (non-hydrogen) atoms. The van der Waals surface area contributed by atoms with Crippen LogP contribution in [0.2, 0.25) is 0 Å². The number of hydrogen-bond acceptors (Lipinski definition) is 4. The lowest BCUT2D eigenvalue weighted by atomic mass is 10.0. The summed E-state index contributed by atoms with van der Waals surface area (Å²) in [5.41, 5.74) is 5.14. The van der Waals surface area contributed by atoms with Crippen molar-refractivity contribution in [2.75, 3.05) is 27.3 Å². The van der Waals surface area contributed by atoms with Crippen LogP contribution in [0.3, 0.4) is 0 Å². The molecule has 5 rings (SSSR count). The smallest absolute Gasteiger partial charge is 0.424 e. The van der Waals surface area contributed by atoms with Crippen LogP contribution in [0.4, 0.5) is 0 Å². The summed E-state index contributed by atoms with van der Waals surface area (Å²) in [5, 5.41) is 1.65. The Kier molecular flexibility index (Phi) is 11.0. The molecule has 0 aliphatic carbocycles. The monoisotopic (exact) mass is 656 g/mol. The predicted octanol–water partition coefficient (Wildman–Crippen LogP) is 7.41. The van der Waals surface area contributed by atoms with Gasteiger partial charge in [-0.05, 0) is 54.2 Å². The van der Waals surface area contributed by atoms with Gasteiger partial charge in [0.2, 0.25) is 0 Å². The van der Waals surface area contributed by atoms with Gasteiger partial charge < -0.3 is 28.4 Å². The Bertz CT molecular complexity index is 1800. The topological polar surface area (TPSA) is 145 Å². The molecule has 0 radical (unpaired) electrons. The van der Waals surface area contributed by atoms with Crippen molar-refractivity contribution in [3.05, 3.63) is 95.8 Å². The maximum Gasteiger partial charge on any atom is 0.524 e. The molecule has 0 saturated carbocycles. The number of aromatic nitrogens is 2. The van der Waals surface area contributed by atoms with Crippen LogP contribution in [0.5, 0.6) is 11.5 Å². The van der Waals surface area contributed by atoms with Gasteiger partial charge in [-0.3, -0.25) is 9.79 Å². The highest BCUT2D eigenvalue weighted by molar-refractivity contribution is 7.52. The summed E-state index contributed by atoms with van der Waals surface area (Å²) in [7, 11) is -3.79. The first kappa shape index (κ1) is 34.5.